The molecule has 0 unspecified atom stereocenters. The second-order valence-electron chi connectivity index (χ2n) is 5.52. The minimum Gasteiger partial charge on any atom is -0.443 e. The van der Waals surface area contributed by atoms with Crippen molar-refractivity contribution in [3.05, 3.63) is 29.2 Å². The van der Waals surface area contributed by atoms with Crippen LogP contribution in [-0.2, 0) is 0 Å². The lowest BCUT2D eigenvalue weighted by Crippen LogP contribution is -2.43. The van der Waals surface area contributed by atoms with Crippen molar-refractivity contribution in [1.82, 2.24) is 15.6 Å². The summed E-state index contributed by atoms with van der Waals surface area (Å²) >= 11 is 5.79. The van der Waals surface area contributed by atoms with Crippen molar-refractivity contribution >= 4 is 28.5 Å². The predicted octanol–water partition coefficient (Wildman–Crippen LogP) is 2.10. The first-order valence-electron chi connectivity index (χ1n) is 6.81. The van der Waals surface area contributed by atoms with Crippen LogP contribution >= 0.6 is 11.6 Å². The number of amides is 1. The van der Waals surface area contributed by atoms with Gasteiger partial charge in [-0.25, -0.2) is 4.98 Å². The number of rotatable bonds is 2. The average Bonchev–Trinajstić information content (AvgIpc) is 3.10. The molecule has 0 spiro atoms. The average molecular weight is 292 g/mol. The number of furan rings is 1. The Kier molecular flexibility index (Phi) is 2.72. The number of aromatic nitrogens is 1. The van der Waals surface area contributed by atoms with E-state index in [1.54, 1.807) is 12.1 Å². The number of nitrogens with one attached hydrogen (secondary N) is 2. The molecule has 2 N–H and O–H groups in total. The molecule has 4 heterocycles. The van der Waals surface area contributed by atoms with Gasteiger partial charge >= 0.3 is 0 Å². The first-order valence-corrected chi connectivity index (χ1v) is 7.19. The summed E-state index contributed by atoms with van der Waals surface area (Å²) in [6.07, 6.45) is 4.90. The Morgan fingerprint density at radius 2 is 2.35 bits per heavy atom. The number of hydrogen-bond donors (Lipinski definition) is 2. The van der Waals surface area contributed by atoms with Crippen LogP contribution < -0.4 is 10.6 Å². The molecule has 104 valence electrons. The zero-order chi connectivity index (χ0) is 13.7. The molecule has 20 heavy (non-hydrogen) atoms. The lowest BCUT2D eigenvalue weighted by atomic mass is 9.95. The molecule has 2 bridgehead atoms. The van der Waals surface area contributed by atoms with Gasteiger partial charge < -0.3 is 15.1 Å². The van der Waals surface area contributed by atoms with Crippen LogP contribution in [0.4, 0.5) is 0 Å². The van der Waals surface area contributed by atoms with Crippen molar-refractivity contribution in [2.45, 2.75) is 37.4 Å². The first-order chi connectivity index (χ1) is 9.69. The van der Waals surface area contributed by atoms with E-state index in [0.29, 0.717) is 28.6 Å². The minimum atomic E-state index is -0.136. The Morgan fingerprint density at radius 3 is 3.10 bits per heavy atom. The normalized spacial score (nSPS) is 28.1. The van der Waals surface area contributed by atoms with Crippen molar-refractivity contribution in [3.63, 3.8) is 0 Å². The SMILES string of the molecule is O=C(N[C@@H]1C[C@H]2CC[C@@H]1N2)c1cc2cc(Cl)oc2cn1. The topological polar surface area (TPSA) is 67.2 Å². The molecule has 2 saturated heterocycles. The third-order valence-electron chi connectivity index (χ3n) is 4.22. The second-order valence-corrected chi connectivity index (χ2v) is 5.89. The van der Waals surface area contributed by atoms with Crippen LogP contribution in [0.1, 0.15) is 29.8 Å². The summed E-state index contributed by atoms with van der Waals surface area (Å²) < 4.78 is 5.24. The number of carbonyl (C=O) groups is 1. The maximum absolute atomic E-state index is 12.3. The molecule has 1 amide bonds. The Balaban J connectivity index is 1.54. The van der Waals surface area contributed by atoms with E-state index in [-0.39, 0.29) is 11.9 Å². The molecule has 4 rings (SSSR count). The van der Waals surface area contributed by atoms with Crippen molar-refractivity contribution in [1.29, 1.82) is 0 Å². The summed E-state index contributed by atoms with van der Waals surface area (Å²) in [6, 6.07) is 4.59. The van der Waals surface area contributed by atoms with Gasteiger partial charge in [0.1, 0.15) is 5.69 Å². The van der Waals surface area contributed by atoms with Gasteiger partial charge in [-0.05, 0) is 36.9 Å². The number of hydrogen-bond acceptors (Lipinski definition) is 4. The van der Waals surface area contributed by atoms with Crippen LogP contribution in [0.15, 0.2) is 22.7 Å². The highest BCUT2D eigenvalue weighted by molar-refractivity contribution is 6.29. The molecule has 0 saturated carbocycles. The highest BCUT2D eigenvalue weighted by Crippen LogP contribution is 2.28. The maximum atomic E-state index is 12.3. The Hall–Kier alpha value is -1.59. The van der Waals surface area contributed by atoms with Crippen molar-refractivity contribution in [2.75, 3.05) is 0 Å². The third kappa shape index (κ3) is 1.98. The molecule has 2 aliphatic rings. The number of carbonyl (C=O) groups excluding carboxylic acids is 1. The standard InChI is InChI=1S/C14H14ClN3O2/c15-13-4-7-3-11(16-6-12(7)20-13)14(19)18-10-5-8-1-2-9(10)17-8/h3-4,6,8-10,17H,1-2,5H2,(H,18,19)/t8-,9+,10-/m1/s1. The van der Waals surface area contributed by atoms with Crippen LogP contribution in [0.25, 0.3) is 11.0 Å². The molecule has 0 aromatic carbocycles. The summed E-state index contributed by atoms with van der Waals surface area (Å²) in [5.74, 6) is -0.136. The van der Waals surface area contributed by atoms with Gasteiger partial charge in [-0.15, -0.1) is 0 Å². The van der Waals surface area contributed by atoms with E-state index < -0.39 is 0 Å². The Labute approximate surface area is 120 Å². The summed E-state index contributed by atoms with van der Waals surface area (Å²) in [5, 5.41) is 7.67. The quantitative estimate of drug-likeness (QED) is 0.889. The number of halogens is 1. The van der Waals surface area contributed by atoms with Crippen molar-refractivity contribution < 1.29 is 9.21 Å². The molecule has 2 aromatic heterocycles. The molecular weight excluding hydrogens is 278 g/mol. The number of fused-ring (bicyclic) bond motifs is 3. The van der Waals surface area contributed by atoms with Crippen LogP contribution in [0.3, 0.4) is 0 Å². The van der Waals surface area contributed by atoms with E-state index in [1.807, 2.05) is 0 Å². The lowest BCUT2D eigenvalue weighted by molar-refractivity contribution is 0.0926. The van der Waals surface area contributed by atoms with Gasteiger partial charge in [-0.2, -0.15) is 0 Å². The highest BCUT2D eigenvalue weighted by Gasteiger charge is 2.39. The van der Waals surface area contributed by atoms with Crippen molar-refractivity contribution in [2.24, 2.45) is 0 Å². The Morgan fingerprint density at radius 1 is 1.45 bits per heavy atom. The van der Waals surface area contributed by atoms with Gasteiger partial charge in [0.05, 0.1) is 6.20 Å². The maximum Gasteiger partial charge on any atom is 0.270 e. The van der Waals surface area contributed by atoms with Gasteiger partial charge in [0.25, 0.3) is 5.91 Å². The Bertz CT molecular complexity index is 684. The van der Waals surface area contributed by atoms with Gasteiger partial charge in [-0.1, -0.05) is 0 Å². The van der Waals surface area contributed by atoms with Crippen molar-refractivity contribution in [3.8, 4) is 0 Å². The molecule has 2 fully saturated rings. The lowest BCUT2D eigenvalue weighted by Gasteiger charge is -2.21. The molecule has 3 atom stereocenters. The van der Waals surface area contributed by atoms with Crippen LogP contribution in [0.5, 0.6) is 0 Å². The smallest absolute Gasteiger partial charge is 0.270 e. The van der Waals surface area contributed by atoms with Crippen LogP contribution in [-0.4, -0.2) is 29.0 Å². The van der Waals surface area contributed by atoms with E-state index in [1.165, 1.54) is 12.6 Å². The van der Waals surface area contributed by atoms with E-state index in [0.717, 1.165) is 18.2 Å². The summed E-state index contributed by atoms with van der Waals surface area (Å²) in [6.45, 7) is 0. The van der Waals surface area contributed by atoms with E-state index in [9.17, 15) is 4.79 Å². The van der Waals surface area contributed by atoms with Gasteiger partial charge in [0, 0.05) is 29.6 Å². The van der Waals surface area contributed by atoms with Gasteiger partial charge in [0.15, 0.2) is 10.8 Å². The first kappa shape index (κ1) is 12.2. The van der Waals surface area contributed by atoms with E-state index >= 15 is 0 Å². The summed E-state index contributed by atoms with van der Waals surface area (Å²) in [7, 11) is 0. The highest BCUT2D eigenvalue weighted by atomic mass is 35.5. The molecule has 6 heteroatoms. The molecule has 2 aromatic rings. The molecule has 5 nitrogen and oxygen atoms in total. The fraction of sp³-hybridized carbons (Fsp3) is 0.429. The van der Waals surface area contributed by atoms with Crippen LogP contribution in [0, 0.1) is 0 Å². The molecule has 2 aliphatic heterocycles. The predicted molar refractivity (Wildman–Crippen MR) is 74.8 cm³/mol. The van der Waals surface area contributed by atoms with E-state index in [4.69, 9.17) is 16.0 Å². The van der Waals surface area contributed by atoms with Gasteiger partial charge in [0.2, 0.25) is 0 Å². The fourth-order valence-electron chi connectivity index (χ4n) is 3.26. The fourth-order valence-corrected chi connectivity index (χ4v) is 3.46. The second kappa shape index (κ2) is 4.46. The number of nitrogens with zero attached hydrogens (tertiary/aromatic N) is 1. The molecule has 0 radical (unpaired) electrons. The molecular formula is C14H14ClN3O2. The largest absolute Gasteiger partial charge is 0.443 e. The zero-order valence-electron chi connectivity index (χ0n) is 10.7. The molecule has 0 aliphatic carbocycles. The summed E-state index contributed by atoms with van der Waals surface area (Å²) in [4.78, 5) is 16.4. The monoisotopic (exact) mass is 291 g/mol. The minimum absolute atomic E-state index is 0.136. The third-order valence-corrected chi connectivity index (χ3v) is 4.41. The summed E-state index contributed by atoms with van der Waals surface area (Å²) in [5.41, 5.74) is 0.992. The van der Waals surface area contributed by atoms with E-state index in [2.05, 4.69) is 15.6 Å². The number of pyridine rings is 1. The van der Waals surface area contributed by atoms with Crippen LogP contribution in [0.2, 0.25) is 5.22 Å². The zero-order valence-corrected chi connectivity index (χ0v) is 11.5. The van der Waals surface area contributed by atoms with Gasteiger partial charge in [-0.3, -0.25) is 4.79 Å².